The van der Waals surface area contributed by atoms with Gasteiger partial charge >= 0.3 is 0 Å². The van der Waals surface area contributed by atoms with Gasteiger partial charge in [-0.05, 0) is 43.2 Å². The van der Waals surface area contributed by atoms with Crippen molar-refractivity contribution in [3.63, 3.8) is 0 Å². The van der Waals surface area contributed by atoms with Crippen molar-refractivity contribution < 1.29 is 9.18 Å². The third-order valence-corrected chi connectivity index (χ3v) is 5.80. The number of piperidine rings is 1. The number of nitrogens with zero attached hydrogens (tertiary/aromatic N) is 5. The van der Waals surface area contributed by atoms with Gasteiger partial charge in [0.25, 0.3) is 5.91 Å². The summed E-state index contributed by atoms with van der Waals surface area (Å²) >= 11 is 0. The van der Waals surface area contributed by atoms with Crippen LogP contribution in [0.15, 0.2) is 66.1 Å². The van der Waals surface area contributed by atoms with Crippen LogP contribution < -0.4 is 16.0 Å². The van der Waals surface area contributed by atoms with E-state index in [9.17, 15) is 9.18 Å². The minimum absolute atomic E-state index is 0.0140. The number of anilines is 2. The van der Waals surface area contributed by atoms with E-state index in [4.69, 9.17) is 5.73 Å². The van der Waals surface area contributed by atoms with Gasteiger partial charge in [-0.1, -0.05) is 12.1 Å². The zero-order chi connectivity index (χ0) is 22.8. The number of aromatic nitrogens is 3. The maximum atomic E-state index is 14.7. The molecule has 33 heavy (non-hydrogen) atoms. The molecule has 3 aromatic rings. The van der Waals surface area contributed by atoms with Crippen LogP contribution in [0.2, 0.25) is 0 Å². The van der Waals surface area contributed by atoms with Gasteiger partial charge in [-0.15, -0.1) is 0 Å². The summed E-state index contributed by atoms with van der Waals surface area (Å²) in [7, 11) is 0. The lowest BCUT2D eigenvalue weighted by molar-refractivity contribution is -0.110. The van der Waals surface area contributed by atoms with Crippen molar-refractivity contribution in [2.24, 2.45) is 10.7 Å². The molecule has 8 nitrogen and oxygen atoms in total. The van der Waals surface area contributed by atoms with E-state index in [1.807, 2.05) is 35.4 Å². The predicted octanol–water partition coefficient (Wildman–Crippen LogP) is 3.16. The maximum absolute atomic E-state index is 14.7. The largest absolute Gasteiger partial charge is 0.366 e. The van der Waals surface area contributed by atoms with Gasteiger partial charge in [0.05, 0.1) is 17.1 Å². The standard InChI is InChI=1S/C24H24FN7O/c25-18-5-1-6-20(23(18)31-12-2-4-17(26)15-31)30-24(33)21-8-7-19(29-21)16-9-11-27-22(14-16)32-13-3-10-28-32/h1,3,5-7,9-11,13-14,17H,2,4,8,12,15,26H2,(H,30,33)/t17-/m1/s1. The van der Waals surface area contributed by atoms with Crippen molar-refractivity contribution in [1.29, 1.82) is 0 Å². The Balaban J connectivity index is 1.35. The molecule has 0 unspecified atom stereocenters. The molecule has 4 heterocycles. The number of amides is 1. The van der Waals surface area contributed by atoms with E-state index < -0.39 is 0 Å². The normalized spacial score (nSPS) is 18.1. The number of benzene rings is 1. The smallest absolute Gasteiger partial charge is 0.270 e. The minimum Gasteiger partial charge on any atom is -0.366 e. The number of hydrogen-bond acceptors (Lipinski definition) is 6. The van der Waals surface area contributed by atoms with Gasteiger partial charge < -0.3 is 16.0 Å². The van der Waals surface area contributed by atoms with E-state index >= 15 is 0 Å². The molecular weight excluding hydrogens is 421 g/mol. The second-order valence-corrected chi connectivity index (χ2v) is 8.14. The highest BCUT2D eigenvalue weighted by Gasteiger charge is 2.24. The molecule has 168 valence electrons. The lowest BCUT2D eigenvalue weighted by atomic mass is 10.1. The Morgan fingerprint density at radius 1 is 1.21 bits per heavy atom. The summed E-state index contributed by atoms with van der Waals surface area (Å²) in [4.78, 5) is 23.8. The highest BCUT2D eigenvalue weighted by Crippen LogP contribution is 2.32. The van der Waals surface area contributed by atoms with Gasteiger partial charge in [0.15, 0.2) is 5.82 Å². The molecule has 0 radical (unpaired) electrons. The van der Waals surface area contributed by atoms with Gasteiger partial charge in [0, 0.05) is 49.7 Å². The van der Waals surface area contributed by atoms with Crippen LogP contribution in [0.1, 0.15) is 24.8 Å². The first-order valence-electron chi connectivity index (χ1n) is 10.9. The number of carbonyl (C=O) groups excluding carboxylic acids is 1. The van der Waals surface area contributed by atoms with Gasteiger partial charge in [-0.25, -0.2) is 19.0 Å². The van der Waals surface area contributed by atoms with Crippen molar-refractivity contribution in [1.82, 2.24) is 14.8 Å². The number of pyridine rings is 1. The number of carbonyl (C=O) groups is 1. The van der Waals surface area contributed by atoms with Crippen LogP contribution in [0.3, 0.4) is 0 Å². The van der Waals surface area contributed by atoms with Crippen LogP contribution in [0.25, 0.3) is 11.5 Å². The molecule has 1 saturated heterocycles. The Kier molecular flexibility index (Phi) is 5.70. The second-order valence-electron chi connectivity index (χ2n) is 8.14. The molecule has 5 rings (SSSR count). The number of aliphatic imine (C=N–C) groups is 1. The zero-order valence-electron chi connectivity index (χ0n) is 18.0. The summed E-state index contributed by atoms with van der Waals surface area (Å²) in [5.74, 6) is -0.0663. The molecule has 0 aliphatic carbocycles. The fraction of sp³-hybridized carbons (Fsp3) is 0.250. The molecule has 0 saturated carbocycles. The van der Waals surface area contributed by atoms with Gasteiger partial charge in [-0.3, -0.25) is 4.79 Å². The Morgan fingerprint density at radius 3 is 2.94 bits per heavy atom. The SMILES string of the molecule is N[C@@H]1CCCN(c2c(F)cccc2NC(=O)C2=NC(c3ccnc(-n4cccn4)c3)=CC2)C1. The summed E-state index contributed by atoms with van der Waals surface area (Å²) in [6.45, 7) is 1.25. The Bertz CT molecular complexity index is 1240. The Labute approximate surface area is 190 Å². The van der Waals surface area contributed by atoms with E-state index in [-0.39, 0.29) is 17.8 Å². The maximum Gasteiger partial charge on any atom is 0.270 e. The third-order valence-electron chi connectivity index (χ3n) is 5.80. The zero-order valence-corrected chi connectivity index (χ0v) is 18.0. The van der Waals surface area contributed by atoms with E-state index in [2.05, 4.69) is 20.4 Å². The molecule has 0 spiro atoms. The predicted molar refractivity (Wildman–Crippen MR) is 126 cm³/mol. The van der Waals surface area contributed by atoms with Crippen molar-refractivity contribution in [3.8, 4) is 5.82 Å². The quantitative estimate of drug-likeness (QED) is 0.628. The molecule has 2 aromatic heterocycles. The first-order chi connectivity index (χ1) is 16.1. The number of hydrogen-bond donors (Lipinski definition) is 2. The first-order valence-corrected chi connectivity index (χ1v) is 10.9. The number of rotatable bonds is 5. The van der Waals surface area contributed by atoms with Gasteiger partial charge in [0.2, 0.25) is 0 Å². The molecule has 0 bridgehead atoms. The summed E-state index contributed by atoms with van der Waals surface area (Å²) < 4.78 is 16.4. The van der Waals surface area contributed by atoms with Crippen LogP contribution in [-0.4, -0.2) is 45.5 Å². The number of nitrogens with one attached hydrogen (secondary N) is 1. The van der Waals surface area contributed by atoms with Crippen LogP contribution in [0.5, 0.6) is 0 Å². The van der Waals surface area contributed by atoms with E-state index in [1.54, 1.807) is 29.2 Å². The van der Waals surface area contributed by atoms with Crippen LogP contribution in [-0.2, 0) is 4.79 Å². The minimum atomic E-state index is -0.378. The molecule has 1 amide bonds. The van der Waals surface area contributed by atoms with Gasteiger partial charge in [0.1, 0.15) is 11.5 Å². The number of nitrogens with two attached hydrogens (primary N) is 1. The Morgan fingerprint density at radius 2 is 2.12 bits per heavy atom. The highest BCUT2D eigenvalue weighted by molar-refractivity contribution is 6.45. The van der Waals surface area contributed by atoms with Crippen molar-refractivity contribution in [2.45, 2.75) is 25.3 Å². The van der Waals surface area contributed by atoms with E-state index in [0.29, 0.717) is 48.1 Å². The van der Waals surface area contributed by atoms with Crippen molar-refractivity contribution in [2.75, 3.05) is 23.3 Å². The van der Waals surface area contributed by atoms with Gasteiger partial charge in [-0.2, -0.15) is 5.10 Å². The van der Waals surface area contributed by atoms with Crippen molar-refractivity contribution >= 4 is 28.7 Å². The average molecular weight is 446 g/mol. The topological polar surface area (TPSA) is 101 Å². The molecular formula is C24H24FN7O. The van der Waals surface area contributed by atoms with E-state index in [1.165, 1.54) is 6.07 Å². The summed E-state index contributed by atoms with van der Waals surface area (Å²) in [5, 5.41) is 7.05. The summed E-state index contributed by atoms with van der Waals surface area (Å²) in [6.07, 6.45) is 9.26. The van der Waals surface area contributed by atoms with E-state index in [0.717, 1.165) is 18.4 Å². The lowest BCUT2D eigenvalue weighted by Gasteiger charge is -2.34. The fourth-order valence-corrected chi connectivity index (χ4v) is 4.21. The average Bonchev–Trinajstić information content (AvgIpc) is 3.52. The van der Waals surface area contributed by atoms with Crippen LogP contribution in [0, 0.1) is 5.82 Å². The van der Waals surface area contributed by atoms with Crippen LogP contribution in [0.4, 0.5) is 15.8 Å². The van der Waals surface area contributed by atoms with Crippen LogP contribution >= 0.6 is 0 Å². The molecule has 9 heteroatoms. The number of halogens is 1. The first kappa shape index (κ1) is 21.0. The number of allylic oxidation sites excluding steroid dienone is 1. The number of para-hydroxylation sites is 1. The Hall–Kier alpha value is -3.85. The highest BCUT2D eigenvalue weighted by atomic mass is 19.1. The molecule has 1 fully saturated rings. The molecule has 3 N–H and O–H groups in total. The summed E-state index contributed by atoms with van der Waals surface area (Å²) in [6, 6.07) is 10.2. The third kappa shape index (κ3) is 4.40. The fourth-order valence-electron chi connectivity index (χ4n) is 4.21. The lowest BCUT2D eigenvalue weighted by Crippen LogP contribution is -2.43. The summed E-state index contributed by atoms with van der Waals surface area (Å²) in [5.41, 5.74) is 8.80. The second kappa shape index (κ2) is 8.95. The molecule has 1 aromatic carbocycles. The van der Waals surface area contributed by atoms with Crippen molar-refractivity contribution in [3.05, 3.63) is 72.4 Å². The molecule has 2 aliphatic rings. The molecule has 1 atom stereocenters. The molecule has 2 aliphatic heterocycles. The monoisotopic (exact) mass is 445 g/mol.